The highest BCUT2D eigenvalue weighted by Gasteiger charge is 2.42. The molecule has 0 radical (unpaired) electrons. The zero-order chi connectivity index (χ0) is 18.2. The van der Waals surface area contributed by atoms with Crippen LogP contribution < -0.4 is 10.8 Å². The van der Waals surface area contributed by atoms with Crippen LogP contribution in [0.15, 0.2) is 36.5 Å². The summed E-state index contributed by atoms with van der Waals surface area (Å²) in [6.07, 6.45) is 1.64. The number of hydroxylamine groups is 1. The number of rotatable bonds is 2. The van der Waals surface area contributed by atoms with Crippen LogP contribution in [0.5, 0.6) is 0 Å². The van der Waals surface area contributed by atoms with Crippen LogP contribution in [0.4, 0.5) is 10.6 Å². The smallest absolute Gasteiger partial charge is 0.311 e. The number of hydrogen-bond acceptors (Lipinski definition) is 4. The number of nitrogens with one attached hydrogen (secondary N) is 2. The van der Waals surface area contributed by atoms with Crippen LogP contribution >= 0.6 is 0 Å². The number of pyridine rings is 1. The van der Waals surface area contributed by atoms with Gasteiger partial charge in [-0.05, 0) is 55.7 Å². The molecular weight excluding hydrogens is 320 g/mol. The maximum atomic E-state index is 12.8. The number of anilines is 1. The lowest BCUT2D eigenvalue weighted by atomic mass is 9.91. The Balaban J connectivity index is 1.91. The number of hydrogen-bond donors (Lipinski definition) is 3. The normalized spacial score (nSPS) is 14.8. The molecule has 0 saturated heterocycles. The molecule has 7 nitrogen and oxygen atoms in total. The van der Waals surface area contributed by atoms with Gasteiger partial charge in [-0.15, -0.1) is 0 Å². The topological polar surface area (TPSA) is 94.6 Å². The molecule has 130 valence electrons. The van der Waals surface area contributed by atoms with Crippen LogP contribution in [0, 0.1) is 6.92 Å². The molecular formula is C18H20N4O3. The number of carbonyl (C=O) groups excluding carboxylic acids is 2. The predicted octanol–water partition coefficient (Wildman–Crippen LogP) is 2.79. The van der Waals surface area contributed by atoms with Crippen LogP contribution in [0.3, 0.4) is 0 Å². The summed E-state index contributed by atoms with van der Waals surface area (Å²) in [6.45, 7) is 6.03. The molecule has 0 aliphatic carbocycles. The number of benzene rings is 1. The van der Waals surface area contributed by atoms with Crippen molar-refractivity contribution >= 4 is 17.8 Å². The van der Waals surface area contributed by atoms with Gasteiger partial charge >= 0.3 is 6.03 Å². The Kier molecular flexibility index (Phi) is 4.18. The van der Waals surface area contributed by atoms with Crippen LogP contribution in [-0.4, -0.2) is 27.0 Å². The van der Waals surface area contributed by atoms with E-state index in [9.17, 15) is 9.59 Å². The van der Waals surface area contributed by atoms with E-state index in [1.54, 1.807) is 34.8 Å². The van der Waals surface area contributed by atoms with E-state index in [-0.39, 0.29) is 12.6 Å². The molecule has 0 fully saturated rings. The minimum Gasteiger partial charge on any atom is -0.311 e. The quantitative estimate of drug-likeness (QED) is 0.579. The number of urea groups is 1. The van der Waals surface area contributed by atoms with Crippen molar-refractivity contribution in [1.29, 1.82) is 0 Å². The highest BCUT2D eigenvalue weighted by molar-refractivity contribution is 5.96. The van der Waals surface area contributed by atoms with Crippen LogP contribution in [-0.2, 0) is 12.1 Å². The SMILES string of the molecule is Cc1ccnc(NC(=O)N2Cc3c(C(=O)NO)cccc3C2(C)C)c1. The Bertz CT molecular complexity index is 848. The highest BCUT2D eigenvalue weighted by atomic mass is 16.5. The van der Waals surface area contributed by atoms with Crippen LogP contribution in [0.2, 0.25) is 0 Å². The summed E-state index contributed by atoms with van der Waals surface area (Å²) < 4.78 is 0. The van der Waals surface area contributed by atoms with Gasteiger partial charge < -0.3 is 4.90 Å². The van der Waals surface area contributed by atoms with Crippen molar-refractivity contribution in [3.8, 4) is 0 Å². The summed E-state index contributed by atoms with van der Waals surface area (Å²) in [6, 6.07) is 8.61. The second-order valence-corrected chi connectivity index (χ2v) is 6.57. The Morgan fingerprint density at radius 2 is 2.04 bits per heavy atom. The third-order valence-corrected chi connectivity index (χ3v) is 4.57. The first-order valence-corrected chi connectivity index (χ1v) is 7.92. The molecule has 0 saturated carbocycles. The van der Waals surface area contributed by atoms with Crippen molar-refractivity contribution in [3.05, 3.63) is 58.8 Å². The molecule has 2 aromatic rings. The van der Waals surface area contributed by atoms with Crippen LogP contribution in [0.1, 0.15) is 40.9 Å². The van der Waals surface area contributed by atoms with Gasteiger partial charge in [0, 0.05) is 18.3 Å². The van der Waals surface area contributed by atoms with Gasteiger partial charge in [-0.25, -0.2) is 15.3 Å². The minimum absolute atomic E-state index is 0.267. The molecule has 2 heterocycles. The number of aryl methyl sites for hydroxylation is 1. The largest absolute Gasteiger partial charge is 0.324 e. The van der Waals surface area contributed by atoms with E-state index in [1.807, 2.05) is 32.9 Å². The van der Waals surface area contributed by atoms with Crippen molar-refractivity contribution in [1.82, 2.24) is 15.4 Å². The fourth-order valence-corrected chi connectivity index (χ4v) is 3.21. The lowest BCUT2D eigenvalue weighted by Gasteiger charge is -2.32. The van der Waals surface area contributed by atoms with Crippen LogP contribution in [0.25, 0.3) is 0 Å². The van der Waals surface area contributed by atoms with E-state index in [4.69, 9.17) is 5.21 Å². The molecule has 1 aromatic heterocycles. The van der Waals surface area contributed by atoms with E-state index in [0.29, 0.717) is 11.4 Å². The number of nitrogens with zero attached hydrogens (tertiary/aromatic N) is 2. The molecule has 1 aromatic carbocycles. The summed E-state index contributed by atoms with van der Waals surface area (Å²) in [5.74, 6) is -0.111. The molecule has 7 heteroatoms. The summed E-state index contributed by atoms with van der Waals surface area (Å²) in [4.78, 5) is 30.5. The highest BCUT2D eigenvalue weighted by Crippen LogP contribution is 2.40. The molecule has 25 heavy (non-hydrogen) atoms. The first-order valence-electron chi connectivity index (χ1n) is 7.92. The Morgan fingerprint density at radius 3 is 2.72 bits per heavy atom. The number of carbonyl (C=O) groups is 2. The second-order valence-electron chi connectivity index (χ2n) is 6.57. The minimum atomic E-state index is -0.602. The zero-order valence-corrected chi connectivity index (χ0v) is 14.3. The maximum Gasteiger partial charge on any atom is 0.324 e. The van der Waals surface area contributed by atoms with Crippen molar-refractivity contribution < 1.29 is 14.8 Å². The number of amides is 3. The van der Waals surface area contributed by atoms with Crippen molar-refractivity contribution in [2.45, 2.75) is 32.9 Å². The van der Waals surface area contributed by atoms with Gasteiger partial charge in [0.15, 0.2) is 0 Å². The number of aromatic nitrogens is 1. The Morgan fingerprint density at radius 1 is 1.28 bits per heavy atom. The molecule has 0 bridgehead atoms. The van der Waals surface area contributed by atoms with Gasteiger partial charge in [-0.1, -0.05) is 12.1 Å². The maximum absolute atomic E-state index is 12.8. The first-order chi connectivity index (χ1) is 11.8. The van der Waals surface area contributed by atoms with E-state index in [2.05, 4.69) is 10.3 Å². The molecule has 3 N–H and O–H groups in total. The predicted molar refractivity (Wildman–Crippen MR) is 92.3 cm³/mol. The van der Waals surface area contributed by atoms with Gasteiger partial charge in [-0.2, -0.15) is 0 Å². The third kappa shape index (κ3) is 2.94. The molecule has 3 amide bonds. The average Bonchev–Trinajstić information content (AvgIpc) is 2.85. The summed E-state index contributed by atoms with van der Waals surface area (Å²) >= 11 is 0. The first kappa shape index (κ1) is 16.9. The van der Waals surface area contributed by atoms with Gasteiger partial charge in [-0.3, -0.25) is 15.3 Å². The third-order valence-electron chi connectivity index (χ3n) is 4.57. The fraction of sp³-hybridized carbons (Fsp3) is 0.278. The van der Waals surface area contributed by atoms with Gasteiger partial charge in [0.05, 0.1) is 5.54 Å². The van der Waals surface area contributed by atoms with E-state index in [1.165, 1.54) is 0 Å². The van der Waals surface area contributed by atoms with Gasteiger partial charge in [0.1, 0.15) is 5.82 Å². The van der Waals surface area contributed by atoms with E-state index >= 15 is 0 Å². The Labute approximate surface area is 145 Å². The summed E-state index contributed by atoms with van der Waals surface area (Å²) in [7, 11) is 0. The summed E-state index contributed by atoms with van der Waals surface area (Å²) in [5.41, 5.74) is 4.02. The Hall–Kier alpha value is -2.93. The van der Waals surface area contributed by atoms with Crippen molar-refractivity contribution in [2.75, 3.05) is 5.32 Å². The lowest BCUT2D eigenvalue weighted by Crippen LogP contribution is -2.42. The molecule has 0 atom stereocenters. The average molecular weight is 340 g/mol. The zero-order valence-electron chi connectivity index (χ0n) is 14.3. The molecule has 1 aliphatic heterocycles. The van der Waals surface area contributed by atoms with Crippen molar-refractivity contribution in [3.63, 3.8) is 0 Å². The molecule has 1 aliphatic rings. The summed E-state index contributed by atoms with van der Waals surface area (Å²) in [5, 5.41) is 11.7. The van der Waals surface area contributed by atoms with Gasteiger partial charge in [0.2, 0.25) is 0 Å². The van der Waals surface area contributed by atoms with E-state index in [0.717, 1.165) is 16.7 Å². The second kappa shape index (κ2) is 6.18. The molecule has 3 rings (SSSR count). The molecule has 0 unspecified atom stereocenters. The van der Waals surface area contributed by atoms with Gasteiger partial charge in [0.25, 0.3) is 5.91 Å². The number of fused-ring (bicyclic) bond motifs is 1. The standard InChI is InChI=1S/C18H20N4O3/c1-11-7-8-19-15(9-11)20-17(24)22-10-13-12(16(23)21-25)5-4-6-14(13)18(22,2)3/h4-9,25H,10H2,1-3H3,(H,21,23)(H,19,20,24). The monoisotopic (exact) mass is 340 g/mol. The lowest BCUT2D eigenvalue weighted by molar-refractivity contribution is 0.0704. The fourth-order valence-electron chi connectivity index (χ4n) is 3.21. The van der Waals surface area contributed by atoms with E-state index < -0.39 is 11.4 Å². The molecule has 0 spiro atoms. The van der Waals surface area contributed by atoms with Crippen molar-refractivity contribution in [2.24, 2.45) is 0 Å².